The van der Waals surface area contributed by atoms with Crippen molar-refractivity contribution in [3.8, 4) is 5.75 Å². The molecule has 0 radical (unpaired) electrons. The van der Waals surface area contributed by atoms with Crippen LogP contribution in [0.1, 0.15) is 32.8 Å². The van der Waals surface area contributed by atoms with E-state index in [1.165, 1.54) is 0 Å². The van der Waals surface area contributed by atoms with Gasteiger partial charge in [0.25, 0.3) is 0 Å². The monoisotopic (exact) mass is 362 g/mol. The first kappa shape index (κ1) is 20.5. The van der Waals surface area contributed by atoms with Gasteiger partial charge in [0.1, 0.15) is 5.75 Å². The Hall–Kier alpha value is -1.79. The Labute approximate surface area is 157 Å². The van der Waals surface area contributed by atoms with Gasteiger partial charge < -0.3 is 20.5 Å². The molecule has 6 heteroatoms. The molecule has 1 unspecified atom stereocenters. The number of hydrogen-bond acceptors (Lipinski definition) is 4. The lowest BCUT2D eigenvalue weighted by Crippen LogP contribution is -2.51. The number of phenols is 1. The lowest BCUT2D eigenvalue weighted by molar-refractivity contribution is 0.0132. The molecule has 1 aromatic rings. The van der Waals surface area contributed by atoms with Crippen LogP contribution >= 0.6 is 0 Å². The summed E-state index contributed by atoms with van der Waals surface area (Å²) < 4.78 is 5.50. The van der Waals surface area contributed by atoms with Crippen molar-refractivity contribution in [3.05, 3.63) is 29.8 Å². The van der Waals surface area contributed by atoms with Crippen LogP contribution in [0.4, 0.5) is 0 Å². The zero-order valence-corrected chi connectivity index (χ0v) is 16.4. The molecule has 0 amide bonds. The second-order valence-electron chi connectivity index (χ2n) is 7.18. The molecular weight excluding hydrogens is 328 g/mol. The summed E-state index contributed by atoms with van der Waals surface area (Å²) in [6.07, 6.45) is 1.15. The summed E-state index contributed by atoms with van der Waals surface area (Å²) in [5, 5.41) is 16.4. The van der Waals surface area contributed by atoms with Crippen LogP contribution in [0.25, 0.3) is 0 Å². The quantitative estimate of drug-likeness (QED) is 0.489. The van der Waals surface area contributed by atoms with Crippen LogP contribution in [0.15, 0.2) is 29.3 Å². The zero-order chi connectivity index (χ0) is 18.8. The van der Waals surface area contributed by atoms with E-state index in [1.54, 1.807) is 12.1 Å². The number of phenolic OH excluding ortho intramolecular Hbond substituents is 1. The minimum Gasteiger partial charge on any atom is -0.508 e. The number of aromatic hydroxyl groups is 1. The predicted molar refractivity (Wildman–Crippen MR) is 107 cm³/mol. The van der Waals surface area contributed by atoms with Crippen molar-refractivity contribution in [1.82, 2.24) is 15.5 Å². The fourth-order valence-electron chi connectivity index (χ4n) is 3.23. The van der Waals surface area contributed by atoms with Crippen LogP contribution in [0.3, 0.4) is 0 Å². The molecule has 0 aromatic heterocycles. The van der Waals surface area contributed by atoms with E-state index in [1.807, 2.05) is 12.1 Å². The van der Waals surface area contributed by atoms with Gasteiger partial charge in [0.15, 0.2) is 5.96 Å². The van der Waals surface area contributed by atoms with Crippen molar-refractivity contribution >= 4 is 5.96 Å². The van der Waals surface area contributed by atoms with Gasteiger partial charge in [0.05, 0.1) is 19.8 Å². The molecule has 1 aliphatic heterocycles. The van der Waals surface area contributed by atoms with Gasteiger partial charge in [0.2, 0.25) is 0 Å². The number of aliphatic imine (C=N–C) groups is 1. The Morgan fingerprint density at radius 2 is 2.04 bits per heavy atom. The fraction of sp³-hybridized carbons (Fsp3) is 0.650. The lowest BCUT2D eigenvalue weighted by Gasteiger charge is -2.35. The predicted octanol–water partition coefficient (Wildman–Crippen LogP) is 2.19. The van der Waals surface area contributed by atoms with Crippen molar-refractivity contribution in [3.63, 3.8) is 0 Å². The Balaban J connectivity index is 1.95. The summed E-state index contributed by atoms with van der Waals surface area (Å²) in [5.41, 5.74) is 0.995. The second-order valence-corrected chi connectivity index (χ2v) is 7.18. The molecule has 1 aromatic carbocycles. The number of ether oxygens (including phenoxy) is 1. The molecule has 0 aliphatic carbocycles. The average molecular weight is 363 g/mol. The number of guanidine groups is 1. The first-order valence-corrected chi connectivity index (χ1v) is 9.70. The summed E-state index contributed by atoms with van der Waals surface area (Å²) in [4.78, 5) is 7.18. The van der Waals surface area contributed by atoms with Gasteiger partial charge in [-0.05, 0) is 37.0 Å². The molecule has 2 rings (SSSR count). The molecule has 6 nitrogen and oxygen atoms in total. The van der Waals surface area contributed by atoms with Crippen molar-refractivity contribution in [2.24, 2.45) is 10.9 Å². The van der Waals surface area contributed by atoms with E-state index < -0.39 is 0 Å². The normalized spacial score (nSPS) is 17.3. The van der Waals surface area contributed by atoms with E-state index >= 15 is 0 Å². The molecule has 0 spiro atoms. The smallest absolute Gasteiger partial charge is 0.191 e. The highest BCUT2D eigenvalue weighted by atomic mass is 16.5. The van der Waals surface area contributed by atoms with Crippen LogP contribution in [-0.4, -0.2) is 61.4 Å². The summed E-state index contributed by atoms with van der Waals surface area (Å²) >= 11 is 0. The summed E-state index contributed by atoms with van der Waals surface area (Å²) in [6, 6.07) is 7.72. The van der Waals surface area contributed by atoms with Crippen LogP contribution < -0.4 is 10.6 Å². The van der Waals surface area contributed by atoms with Crippen molar-refractivity contribution in [2.45, 2.75) is 39.8 Å². The maximum atomic E-state index is 9.59. The third-order valence-electron chi connectivity index (χ3n) is 4.49. The largest absolute Gasteiger partial charge is 0.508 e. The number of morpholine rings is 1. The molecule has 26 heavy (non-hydrogen) atoms. The second kappa shape index (κ2) is 11.0. The van der Waals surface area contributed by atoms with Crippen LogP contribution in [0.2, 0.25) is 0 Å². The van der Waals surface area contributed by atoms with E-state index in [0.29, 0.717) is 18.5 Å². The molecule has 0 bridgehead atoms. The first-order chi connectivity index (χ1) is 12.6. The van der Waals surface area contributed by atoms with Gasteiger partial charge in [-0.25, -0.2) is 4.99 Å². The molecule has 1 heterocycles. The lowest BCUT2D eigenvalue weighted by atomic mass is 10.0. The molecule has 3 N–H and O–H groups in total. The average Bonchev–Trinajstić information content (AvgIpc) is 2.63. The number of benzene rings is 1. The van der Waals surface area contributed by atoms with Crippen molar-refractivity contribution in [1.29, 1.82) is 0 Å². The van der Waals surface area contributed by atoms with Crippen molar-refractivity contribution in [2.75, 3.05) is 39.4 Å². The third kappa shape index (κ3) is 7.22. The molecule has 1 atom stereocenters. The molecule has 0 saturated carbocycles. The highest BCUT2D eigenvalue weighted by Crippen LogP contribution is 2.13. The van der Waals surface area contributed by atoms with Crippen molar-refractivity contribution < 1.29 is 9.84 Å². The van der Waals surface area contributed by atoms with E-state index in [9.17, 15) is 5.11 Å². The molecule has 146 valence electrons. The standard InChI is InChI=1S/C20H34N4O2/c1-4-21-20(22-14-17-6-5-7-19(25)13-17)23-15-18(12-16(2)3)24-8-10-26-11-9-24/h5-7,13,16,18,25H,4,8-12,14-15H2,1-3H3,(H2,21,22,23). The molecular formula is C20H34N4O2. The highest BCUT2D eigenvalue weighted by molar-refractivity contribution is 5.79. The Morgan fingerprint density at radius 1 is 1.27 bits per heavy atom. The molecule has 1 saturated heterocycles. The summed E-state index contributed by atoms with van der Waals surface area (Å²) in [7, 11) is 0. The van der Waals surface area contributed by atoms with Gasteiger partial charge in [-0.3, -0.25) is 4.90 Å². The fourth-order valence-corrected chi connectivity index (χ4v) is 3.23. The van der Waals surface area contributed by atoms with Crippen LogP contribution in [-0.2, 0) is 11.3 Å². The van der Waals surface area contributed by atoms with Gasteiger partial charge in [-0.1, -0.05) is 26.0 Å². The number of nitrogens with zero attached hydrogens (tertiary/aromatic N) is 2. The number of nitrogens with one attached hydrogen (secondary N) is 2. The minimum atomic E-state index is 0.278. The number of hydrogen-bond donors (Lipinski definition) is 3. The summed E-state index contributed by atoms with van der Waals surface area (Å²) in [5.74, 6) is 1.74. The summed E-state index contributed by atoms with van der Waals surface area (Å²) in [6.45, 7) is 12.5. The van der Waals surface area contributed by atoms with E-state index in [-0.39, 0.29) is 5.75 Å². The van der Waals surface area contributed by atoms with Gasteiger partial charge in [-0.2, -0.15) is 0 Å². The van der Waals surface area contributed by atoms with Crippen LogP contribution in [0.5, 0.6) is 5.75 Å². The first-order valence-electron chi connectivity index (χ1n) is 9.70. The topological polar surface area (TPSA) is 69.1 Å². The van der Waals surface area contributed by atoms with Gasteiger partial charge in [0, 0.05) is 32.2 Å². The Bertz CT molecular complexity index is 556. The third-order valence-corrected chi connectivity index (χ3v) is 4.49. The SMILES string of the molecule is CCNC(=NCc1cccc(O)c1)NCC(CC(C)C)N1CCOCC1. The maximum absolute atomic E-state index is 9.59. The zero-order valence-electron chi connectivity index (χ0n) is 16.4. The minimum absolute atomic E-state index is 0.278. The Morgan fingerprint density at radius 3 is 2.69 bits per heavy atom. The maximum Gasteiger partial charge on any atom is 0.191 e. The highest BCUT2D eigenvalue weighted by Gasteiger charge is 2.22. The number of rotatable bonds is 8. The van der Waals surface area contributed by atoms with Gasteiger partial charge in [-0.15, -0.1) is 0 Å². The molecule has 1 fully saturated rings. The van der Waals surface area contributed by atoms with Crippen LogP contribution in [0, 0.1) is 5.92 Å². The Kier molecular flexibility index (Phi) is 8.71. The molecule has 1 aliphatic rings. The van der Waals surface area contributed by atoms with Gasteiger partial charge >= 0.3 is 0 Å². The van der Waals surface area contributed by atoms with E-state index in [2.05, 4.69) is 41.3 Å². The van der Waals surface area contributed by atoms with E-state index in [4.69, 9.17) is 4.74 Å². The van der Waals surface area contributed by atoms with E-state index in [0.717, 1.165) is 57.3 Å².